The van der Waals surface area contributed by atoms with Gasteiger partial charge in [0.1, 0.15) is 18.1 Å². The minimum Gasteiger partial charge on any atom is -0.497 e. The normalized spacial score (nSPS) is 15.2. The summed E-state index contributed by atoms with van der Waals surface area (Å²) in [6.45, 7) is 0.598. The van der Waals surface area contributed by atoms with E-state index in [0.29, 0.717) is 30.2 Å². The summed E-state index contributed by atoms with van der Waals surface area (Å²) in [6, 6.07) is 15.0. The second kappa shape index (κ2) is 8.26. The van der Waals surface area contributed by atoms with Crippen LogP contribution in [0.1, 0.15) is 11.3 Å². The van der Waals surface area contributed by atoms with Crippen LogP contribution < -0.4 is 19.5 Å². The van der Waals surface area contributed by atoms with Crippen molar-refractivity contribution in [2.45, 2.75) is 13.0 Å². The number of ether oxygens (including phenoxy) is 3. The zero-order valence-corrected chi connectivity index (χ0v) is 16.3. The second-order valence-electron chi connectivity index (χ2n) is 6.79. The fraction of sp³-hybridized carbons (Fsp3) is 0.273. The molecule has 2 heterocycles. The number of hydrogen-bond acceptors (Lipinski definition) is 6. The van der Waals surface area contributed by atoms with Crippen molar-refractivity contribution in [2.24, 2.45) is 5.92 Å². The highest BCUT2D eigenvalue weighted by Gasteiger charge is 2.27. The first-order valence-electron chi connectivity index (χ1n) is 9.34. The zero-order valence-electron chi connectivity index (χ0n) is 16.3. The number of fused-ring (bicyclic) bond motifs is 1. The zero-order chi connectivity index (χ0) is 20.2. The van der Waals surface area contributed by atoms with Crippen molar-refractivity contribution in [1.82, 2.24) is 10.5 Å². The SMILES string of the molecule is COc1cccc(-c2cc(CNC(=O)[C@@H]3COc4c(cccc4OC)C3)no2)c1. The molecule has 0 saturated heterocycles. The van der Waals surface area contributed by atoms with Gasteiger partial charge in [-0.25, -0.2) is 0 Å². The highest BCUT2D eigenvalue weighted by atomic mass is 16.5. The van der Waals surface area contributed by atoms with Crippen LogP contribution in [-0.2, 0) is 17.8 Å². The van der Waals surface area contributed by atoms with E-state index in [-0.39, 0.29) is 18.4 Å². The Balaban J connectivity index is 1.37. The third kappa shape index (κ3) is 4.03. The van der Waals surface area contributed by atoms with Crippen LogP contribution in [0.3, 0.4) is 0 Å². The molecule has 1 aromatic heterocycles. The molecule has 0 unspecified atom stereocenters. The third-order valence-corrected chi connectivity index (χ3v) is 4.90. The summed E-state index contributed by atoms with van der Waals surface area (Å²) in [4.78, 5) is 12.6. The van der Waals surface area contributed by atoms with Gasteiger partial charge in [-0.15, -0.1) is 0 Å². The van der Waals surface area contributed by atoms with Gasteiger partial charge < -0.3 is 24.1 Å². The molecule has 0 bridgehead atoms. The molecule has 0 spiro atoms. The molecule has 1 aliphatic rings. The first-order valence-corrected chi connectivity index (χ1v) is 9.34. The van der Waals surface area contributed by atoms with E-state index in [1.807, 2.05) is 48.5 Å². The molecule has 0 saturated carbocycles. The summed E-state index contributed by atoms with van der Waals surface area (Å²) in [5.74, 6) is 2.43. The van der Waals surface area contributed by atoms with Crippen molar-refractivity contribution in [1.29, 1.82) is 0 Å². The largest absolute Gasteiger partial charge is 0.497 e. The van der Waals surface area contributed by atoms with Crippen LogP contribution in [-0.4, -0.2) is 31.9 Å². The van der Waals surface area contributed by atoms with Gasteiger partial charge in [0.2, 0.25) is 5.91 Å². The third-order valence-electron chi connectivity index (χ3n) is 4.90. The molecule has 29 heavy (non-hydrogen) atoms. The first kappa shape index (κ1) is 18.9. The lowest BCUT2D eigenvalue weighted by Gasteiger charge is -2.25. The number of benzene rings is 2. The Morgan fingerprint density at radius 1 is 1.17 bits per heavy atom. The van der Waals surface area contributed by atoms with Crippen LogP contribution in [0.25, 0.3) is 11.3 Å². The van der Waals surface area contributed by atoms with Crippen molar-refractivity contribution >= 4 is 5.91 Å². The number of nitrogens with one attached hydrogen (secondary N) is 1. The first-order chi connectivity index (χ1) is 14.2. The maximum absolute atomic E-state index is 12.6. The Labute approximate surface area is 168 Å². The molecule has 1 amide bonds. The molecule has 4 rings (SSSR count). The molecule has 1 aliphatic heterocycles. The topological polar surface area (TPSA) is 82.8 Å². The summed E-state index contributed by atoms with van der Waals surface area (Å²) >= 11 is 0. The van der Waals surface area contributed by atoms with Crippen molar-refractivity contribution in [3.05, 3.63) is 59.8 Å². The van der Waals surface area contributed by atoms with E-state index in [9.17, 15) is 4.79 Å². The molecular formula is C22H22N2O5. The quantitative estimate of drug-likeness (QED) is 0.691. The number of amides is 1. The molecular weight excluding hydrogens is 372 g/mol. The van der Waals surface area contributed by atoms with Gasteiger partial charge in [0.05, 0.1) is 26.7 Å². The van der Waals surface area contributed by atoms with E-state index >= 15 is 0 Å². The predicted octanol–water partition coefficient (Wildman–Crippen LogP) is 3.23. The fourth-order valence-electron chi connectivity index (χ4n) is 3.35. The van der Waals surface area contributed by atoms with Gasteiger partial charge >= 0.3 is 0 Å². The Morgan fingerprint density at radius 3 is 2.86 bits per heavy atom. The van der Waals surface area contributed by atoms with Crippen molar-refractivity contribution in [3.63, 3.8) is 0 Å². The van der Waals surface area contributed by atoms with Crippen molar-refractivity contribution in [2.75, 3.05) is 20.8 Å². The summed E-state index contributed by atoms with van der Waals surface area (Å²) in [5, 5.41) is 6.96. The van der Waals surface area contributed by atoms with E-state index in [2.05, 4.69) is 10.5 Å². The lowest BCUT2D eigenvalue weighted by Crippen LogP contribution is -2.37. The van der Waals surface area contributed by atoms with Crippen LogP contribution in [0, 0.1) is 5.92 Å². The van der Waals surface area contributed by atoms with E-state index in [1.54, 1.807) is 14.2 Å². The Bertz CT molecular complexity index is 1010. The number of carbonyl (C=O) groups is 1. The molecule has 0 fully saturated rings. The molecule has 7 nitrogen and oxygen atoms in total. The lowest BCUT2D eigenvalue weighted by molar-refractivity contribution is -0.126. The van der Waals surface area contributed by atoms with Gasteiger partial charge in [-0.05, 0) is 30.2 Å². The summed E-state index contributed by atoms with van der Waals surface area (Å²) < 4.78 is 21.7. The van der Waals surface area contributed by atoms with E-state index < -0.39 is 0 Å². The lowest BCUT2D eigenvalue weighted by atomic mass is 9.95. The number of nitrogens with zero attached hydrogens (tertiary/aromatic N) is 1. The highest BCUT2D eigenvalue weighted by Crippen LogP contribution is 2.36. The minimum atomic E-state index is -0.264. The molecule has 3 aromatic rings. The van der Waals surface area contributed by atoms with Crippen LogP contribution in [0.4, 0.5) is 0 Å². The molecule has 150 valence electrons. The highest BCUT2D eigenvalue weighted by molar-refractivity contribution is 5.79. The van der Waals surface area contributed by atoms with Crippen LogP contribution in [0.2, 0.25) is 0 Å². The molecule has 1 atom stereocenters. The van der Waals surface area contributed by atoms with Gasteiger partial charge in [-0.3, -0.25) is 4.79 Å². The van der Waals surface area contributed by atoms with Gasteiger partial charge in [-0.1, -0.05) is 29.4 Å². The summed E-state index contributed by atoms with van der Waals surface area (Å²) in [6.07, 6.45) is 0.603. The van der Waals surface area contributed by atoms with Crippen molar-refractivity contribution in [3.8, 4) is 28.6 Å². The van der Waals surface area contributed by atoms with Crippen molar-refractivity contribution < 1.29 is 23.5 Å². The van der Waals surface area contributed by atoms with Gasteiger partial charge in [0, 0.05) is 11.6 Å². The molecule has 1 N–H and O–H groups in total. The molecule has 0 radical (unpaired) electrons. The van der Waals surface area contributed by atoms with Crippen LogP contribution in [0.5, 0.6) is 17.2 Å². The number of hydrogen-bond donors (Lipinski definition) is 1. The Morgan fingerprint density at radius 2 is 2.03 bits per heavy atom. The average molecular weight is 394 g/mol. The van der Waals surface area contributed by atoms with Gasteiger partial charge in [0.15, 0.2) is 17.3 Å². The average Bonchev–Trinajstić information content (AvgIpc) is 3.25. The second-order valence-corrected chi connectivity index (χ2v) is 6.79. The number of aromatic nitrogens is 1. The summed E-state index contributed by atoms with van der Waals surface area (Å²) in [7, 11) is 3.22. The Kier molecular flexibility index (Phi) is 5.37. The monoisotopic (exact) mass is 394 g/mol. The maximum atomic E-state index is 12.6. The van der Waals surface area contributed by atoms with E-state index in [0.717, 1.165) is 22.6 Å². The van der Waals surface area contributed by atoms with Crippen LogP contribution >= 0.6 is 0 Å². The summed E-state index contributed by atoms with van der Waals surface area (Å²) in [5.41, 5.74) is 2.48. The van der Waals surface area contributed by atoms with Crippen LogP contribution in [0.15, 0.2) is 53.1 Å². The Hall–Kier alpha value is -3.48. The van der Waals surface area contributed by atoms with E-state index in [1.165, 1.54) is 0 Å². The predicted molar refractivity (Wildman–Crippen MR) is 106 cm³/mol. The van der Waals surface area contributed by atoms with Gasteiger partial charge in [-0.2, -0.15) is 0 Å². The number of rotatable bonds is 6. The minimum absolute atomic E-state index is 0.0793. The maximum Gasteiger partial charge on any atom is 0.227 e. The standard InChI is InChI=1S/C22H22N2O5/c1-26-18-7-3-5-14(10-18)20-11-17(24-29-20)12-23-22(25)16-9-15-6-4-8-19(27-2)21(15)28-13-16/h3-8,10-11,16H,9,12-13H2,1-2H3,(H,23,25)/t16-/m0/s1. The fourth-order valence-corrected chi connectivity index (χ4v) is 3.35. The molecule has 0 aliphatic carbocycles. The van der Waals surface area contributed by atoms with Gasteiger partial charge in [0.25, 0.3) is 0 Å². The molecule has 7 heteroatoms. The van der Waals surface area contributed by atoms with E-state index in [4.69, 9.17) is 18.7 Å². The molecule has 2 aromatic carbocycles. The number of carbonyl (C=O) groups excluding carboxylic acids is 1. The smallest absolute Gasteiger partial charge is 0.227 e. The number of methoxy groups -OCH3 is 2. The number of para-hydroxylation sites is 1.